The topological polar surface area (TPSA) is 114 Å². The molecule has 6 nitrogen and oxygen atoms in total. The summed E-state index contributed by atoms with van der Waals surface area (Å²) >= 11 is 0. The van der Waals surface area contributed by atoms with E-state index in [2.05, 4.69) is 0 Å². The molecule has 0 amide bonds. The van der Waals surface area contributed by atoms with Gasteiger partial charge in [-0.3, -0.25) is 0 Å². The lowest BCUT2D eigenvalue weighted by atomic mass is 10.6. The van der Waals surface area contributed by atoms with Gasteiger partial charge < -0.3 is 9.11 Å². The lowest BCUT2D eigenvalue weighted by Crippen LogP contribution is -2.11. The molecule has 0 bridgehead atoms. The zero-order valence-electron chi connectivity index (χ0n) is 8.26. The van der Waals surface area contributed by atoms with Gasteiger partial charge in [0.05, 0.1) is 20.2 Å². The summed E-state index contributed by atoms with van der Waals surface area (Å²) in [6.07, 6.45) is 0.409. The second kappa shape index (κ2) is 6.33. The molecule has 0 aromatic heterocycles. The highest BCUT2D eigenvalue weighted by Crippen LogP contribution is 1.91. The molecule has 14 heavy (non-hydrogen) atoms. The van der Waals surface area contributed by atoms with Crippen LogP contribution in [0.2, 0.25) is 0 Å². The van der Waals surface area contributed by atoms with E-state index in [4.69, 9.17) is 0 Å². The van der Waals surface area contributed by atoms with Gasteiger partial charge in [-0.2, -0.15) is 0 Å². The van der Waals surface area contributed by atoms with Gasteiger partial charge in [-0.05, 0) is 20.3 Å². The lowest BCUT2D eigenvalue weighted by Gasteiger charge is -2.08. The van der Waals surface area contributed by atoms with E-state index in [1.54, 1.807) is 6.92 Å². The zero-order chi connectivity index (χ0) is 12.0. The third-order valence-corrected chi connectivity index (χ3v) is 3.09. The van der Waals surface area contributed by atoms with Crippen LogP contribution in [0.3, 0.4) is 0 Å². The Morgan fingerprint density at radius 2 is 1.36 bits per heavy atom. The summed E-state index contributed by atoms with van der Waals surface area (Å²) in [5, 5.41) is -0.785. The maximum Gasteiger partial charge on any atom is 0.0969 e. The maximum atomic E-state index is 9.78. The molecule has 0 heterocycles. The van der Waals surface area contributed by atoms with Gasteiger partial charge in [0.15, 0.2) is 0 Å². The molecular formula is C6H14O6S2-2. The fourth-order valence-electron chi connectivity index (χ4n) is 0.250. The van der Waals surface area contributed by atoms with Crippen LogP contribution in [0, 0.1) is 0 Å². The Morgan fingerprint density at radius 3 is 1.36 bits per heavy atom. The van der Waals surface area contributed by atoms with Crippen molar-refractivity contribution in [2.45, 2.75) is 32.4 Å². The van der Waals surface area contributed by atoms with E-state index >= 15 is 0 Å². The number of rotatable bonds is 3. The van der Waals surface area contributed by atoms with Gasteiger partial charge in [0.2, 0.25) is 0 Å². The van der Waals surface area contributed by atoms with Gasteiger partial charge >= 0.3 is 0 Å². The summed E-state index contributed by atoms with van der Waals surface area (Å²) in [5.74, 6) is -0.243. The molecule has 0 saturated carbocycles. The van der Waals surface area contributed by atoms with Crippen LogP contribution in [-0.2, 0) is 20.2 Å². The summed E-state index contributed by atoms with van der Waals surface area (Å²) in [6, 6.07) is 0. The minimum Gasteiger partial charge on any atom is -0.748 e. The summed E-state index contributed by atoms with van der Waals surface area (Å²) in [7, 11) is -7.91. The molecule has 0 N–H and O–H groups in total. The van der Waals surface area contributed by atoms with Crippen LogP contribution < -0.4 is 0 Å². The molecule has 0 aliphatic carbocycles. The summed E-state index contributed by atoms with van der Waals surface area (Å²) < 4.78 is 58.4. The van der Waals surface area contributed by atoms with Crippen molar-refractivity contribution in [3.63, 3.8) is 0 Å². The van der Waals surface area contributed by atoms with Gasteiger partial charge in [0.25, 0.3) is 0 Å². The normalized spacial score (nSPS) is 12.1. The van der Waals surface area contributed by atoms with Crippen molar-refractivity contribution in [2.24, 2.45) is 0 Å². The Bertz CT molecular complexity index is 325. The second-order valence-corrected chi connectivity index (χ2v) is 6.26. The predicted molar refractivity (Wildman–Crippen MR) is 49.7 cm³/mol. The van der Waals surface area contributed by atoms with E-state index in [0.717, 1.165) is 0 Å². The number of hydrogen-bond acceptors (Lipinski definition) is 6. The third-order valence-electron chi connectivity index (χ3n) is 1.03. The van der Waals surface area contributed by atoms with E-state index in [1.165, 1.54) is 13.8 Å². The Hall–Kier alpha value is -0.180. The molecular weight excluding hydrogens is 232 g/mol. The molecule has 0 aromatic carbocycles. The molecule has 0 aliphatic rings. The molecule has 0 radical (unpaired) electrons. The highest BCUT2D eigenvalue weighted by Gasteiger charge is 1.98. The quantitative estimate of drug-likeness (QED) is 0.641. The number of hydrogen-bond donors (Lipinski definition) is 0. The molecule has 0 fully saturated rings. The van der Waals surface area contributed by atoms with Gasteiger partial charge in [0.1, 0.15) is 0 Å². The monoisotopic (exact) mass is 246 g/mol. The first-order chi connectivity index (χ1) is 6.00. The maximum absolute atomic E-state index is 9.78. The van der Waals surface area contributed by atoms with E-state index in [9.17, 15) is 25.9 Å². The first kappa shape index (κ1) is 16.3. The van der Waals surface area contributed by atoms with Gasteiger partial charge in [-0.1, -0.05) is 6.92 Å². The second-order valence-electron chi connectivity index (χ2n) is 2.80. The average Bonchev–Trinajstić information content (AvgIpc) is 1.82. The Labute approximate surface area is 84.8 Å². The zero-order valence-corrected chi connectivity index (χ0v) is 9.89. The van der Waals surface area contributed by atoms with Crippen molar-refractivity contribution in [3.05, 3.63) is 0 Å². The molecule has 0 unspecified atom stereocenters. The van der Waals surface area contributed by atoms with Crippen molar-refractivity contribution >= 4 is 20.2 Å². The van der Waals surface area contributed by atoms with Crippen molar-refractivity contribution in [1.82, 2.24) is 0 Å². The van der Waals surface area contributed by atoms with Crippen LogP contribution in [0.1, 0.15) is 27.2 Å². The highest BCUT2D eigenvalue weighted by atomic mass is 32.2. The summed E-state index contributed by atoms with van der Waals surface area (Å²) in [5.41, 5.74) is 0. The van der Waals surface area contributed by atoms with Gasteiger partial charge in [0, 0.05) is 11.0 Å². The van der Waals surface area contributed by atoms with Crippen LogP contribution in [0.4, 0.5) is 0 Å². The third kappa shape index (κ3) is 14.3. The minimum absolute atomic E-state index is 0.243. The summed E-state index contributed by atoms with van der Waals surface area (Å²) in [6.45, 7) is 4.35. The molecule has 0 spiro atoms. The van der Waals surface area contributed by atoms with Crippen molar-refractivity contribution in [3.8, 4) is 0 Å². The molecule has 0 atom stereocenters. The SMILES string of the molecule is CC(C)S(=O)(=O)[O-].CCCS(=O)(=O)[O-]. The Kier molecular flexibility index (Phi) is 7.35. The van der Waals surface area contributed by atoms with E-state index in [-0.39, 0.29) is 5.75 Å². The largest absolute Gasteiger partial charge is 0.748 e. The van der Waals surface area contributed by atoms with Gasteiger partial charge in [-0.15, -0.1) is 0 Å². The van der Waals surface area contributed by atoms with Crippen LogP contribution in [0.15, 0.2) is 0 Å². The molecule has 0 aromatic rings. The Balaban J connectivity index is 0. The van der Waals surface area contributed by atoms with Crippen LogP contribution in [-0.4, -0.2) is 36.9 Å². The average molecular weight is 246 g/mol. The first-order valence-electron chi connectivity index (χ1n) is 3.89. The van der Waals surface area contributed by atoms with Crippen molar-refractivity contribution < 1.29 is 25.9 Å². The Morgan fingerprint density at radius 1 is 1.07 bits per heavy atom. The van der Waals surface area contributed by atoms with Crippen LogP contribution in [0.25, 0.3) is 0 Å². The first-order valence-corrected chi connectivity index (χ1v) is 6.93. The minimum atomic E-state index is -3.99. The van der Waals surface area contributed by atoms with Crippen LogP contribution >= 0.6 is 0 Å². The van der Waals surface area contributed by atoms with E-state index in [0.29, 0.717) is 6.42 Å². The fraction of sp³-hybridized carbons (Fsp3) is 1.00. The predicted octanol–water partition coefficient (Wildman–Crippen LogP) is -0.118. The highest BCUT2D eigenvalue weighted by molar-refractivity contribution is 7.86. The molecule has 88 valence electrons. The van der Waals surface area contributed by atoms with E-state index < -0.39 is 25.5 Å². The van der Waals surface area contributed by atoms with Crippen LogP contribution in [0.5, 0.6) is 0 Å². The standard InChI is InChI=1S/2C3H8O3S/c1-3(2)7(4,5)6;1-2-3-7(4,5)6/h3H,1-2H3,(H,4,5,6);2-3H2,1H3,(H,4,5,6)/p-2. The summed E-state index contributed by atoms with van der Waals surface area (Å²) in [4.78, 5) is 0. The molecule has 0 saturated heterocycles. The molecule has 0 aliphatic heterocycles. The van der Waals surface area contributed by atoms with E-state index in [1.807, 2.05) is 0 Å². The lowest BCUT2D eigenvalue weighted by molar-refractivity contribution is 0.453. The fourth-order valence-corrected chi connectivity index (χ4v) is 0.750. The molecule has 8 heteroatoms. The smallest absolute Gasteiger partial charge is 0.0969 e. The van der Waals surface area contributed by atoms with Crippen molar-refractivity contribution in [2.75, 3.05) is 5.75 Å². The van der Waals surface area contributed by atoms with Crippen molar-refractivity contribution in [1.29, 1.82) is 0 Å². The van der Waals surface area contributed by atoms with Gasteiger partial charge in [-0.25, -0.2) is 16.8 Å². The molecule has 0 rings (SSSR count).